The van der Waals surface area contributed by atoms with Gasteiger partial charge in [-0.05, 0) is 27.7 Å². The molecule has 96 valence electrons. The second-order valence-corrected chi connectivity index (χ2v) is 4.82. The molecule has 0 bridgehead atoms. The van der Waals surface area contributed by atoms with E-state index in [9.17, 15) is 4.79 Å². The number of hydrogen-bond donors (Lipinski definition) is 3. The number of ether oxygens (including phenoxy) is 1. The van der Waals surface area contributed by atoms with Crippen LogP contribution in [0.3, 0.4) is 0 Å². The van der Waals surface area contributed by atoms with Gasteiger partial charge in [-0.1, -0.05) is 0 Å². The van der Waals surface area contributed by atoms with Crippen molar-refractivity contribution >= 4 is 6.09 Å². The molecule has 0 saturated heterocycles. The Morgan fingerprint density at radius 3 is 2.76 bits per heavy atom. The van der Waals surface area contributed by atoms with Crippen molar-refractivity contribution in [3.63, 3.8) is 0 Å². The zero-order valence-corrected chi connectivity index (χ0v) is 10.6. The van der Waals surface area contributed by atoms with Gasteiger partial charge in [0.05, 0.1) is 24.5 Å². The first-order valence-electron chi connectivity index (χ1n) is 5.46. The number of aliphatic hydroxyl groups excluding tert-OH is 1. The van der Waals surface area contributed by atoms with Gasteiger partial charge in [0.2, 0.25) is 0 Å². The fourth-order valence-electron chi connectivity index (χ4n) is 1.23. The second-order valence-electron chi connectivity index (χ2n) is 4.82. The van der Waals surface area contributed by atoms with Crippen LogP contribution in [0.5, 0.6) is 0 Å². The summed E-state index contributed by atoms with van der Waals surface area (Å²) in [5, 5.41) is 11.5. The van der Waals surface area contributed by atoms with Gasteiger partial charge in [-0.2, -0.15) is 0 Å². The van der Waals surface area contributed by atoms with Crippen LogP contribution >= 0.6 is 0 Å². The fraction of sp³-hybridized carbons (Fsp3) is 0.636. The Morgan fingerprint density at radius 1 is 1.65 bits per heavy atom. The van der Waals surface area contributed by atoms with Crippen LogP contribution in [0.25, 0.3) is 0 Å². The lowest BCUT2D eigenvalue weighted by molar-refractivity contribution is 0.0506. The number of imidazole rings is 1. The van der Waals surface area contributed by atoms with Gasteiger partial charge in [-0.15, -0.1) is 0 Å². The number of aromatic nitrogens is 2. The maximum absolute atomic E-state index is 11.5. The third-order valence-corrected chi connectivity index (χ3v) is 1.96. The van der Waals surface area contributed by atoms with Crippen molar-refractivity contribution in [2.75, 3.05) is 0 Å². The number of amides is 1. The van der Waals surface area contributed by atoms with Crippen LogP contribution in [0.1, 0.15) is 45.3 Å². The Labute approximate surface area is 100 Å². The van der Waals surface area contributed by atoms with Crippen LogP contribution in [0.2, 0.25) is 0 Å². The number of H-pyrrole nitrogens is 1. The lowest BCUT2D eigenvalue weighted by Crippen LogP contribution is -2.34. The van der Waals surface area contributed by atoms with Gasteiger partial charge in [0.15, 0.2) is 0 Å². The molecule has 0 fully saturated rings. The highest BCUT2D eigenvalue weighted by Gasteiger charge is 2.19. The zero-order valence-electron chi connectivity index (χ0n) is 10.6. The van der Waals surface area contributed by atoms with E-state index in [0.717, 1.165) is 0 Å². The number of hydrogen-bond acceptors (Lipinski definition) is 4. The molecular weight excluding hydrogens is 222 g/mol. The summed E-state index contributed by atoms with van der Waals surface area (Å²) in [5.74, 6) is 0.583. The number of aliphatic hydroxyl groups is 1. The molecule has 6 heteroatoms. The Hall–Kier alpha value is -1.56. The SMILES string of the molecule is CC(NC(=O)OC(C)(C)C)c1ncc(CO)[nH]1. The van der Waals surface area contributed by atoms with Crippen molar-refractivity contribution in [2.45, 2.75) is 45.9 Å². The van der Waals surface area contributed by atoms with Crippen LogP contribution in [-0.2, 0) is 11.3 Å². The standard InChI is InChI=1S/C11H19N3O3/c1-7(9-12-5-8(6-15)14-9)13-10(16)17-11(2,3)4/h5,7,15H,6H2,1-4H3,(H,12,14)(H,13,16). The lowest BCUT2D eigenvalue weighted by Gasteiger charge is -2.21. The van der Waals surface area contributed by atoms with Crippen molar-refractivity contribution in [2.24, 2.45) is 0 Å². The van der Waals surface area contributed by atoms with Crippen LogP contribution in [0.15, 0.2) is 6.20 Å². The van der Waals surface area contributed by atoms with Crippen LogP contribution in [-0.4, -0.2) is 26.8 Å². The summed E-state index contributed by atoms with van der Waals surface area (Å²) in [4.78, 5) is 18.4. The number of nitrogens with one attached hydrogen (secondary N) is 2. The molecular formula is C11H19N3O3. The topological polar surface area (TPSA) is 87.2 Å². The molecule has 0 aliphatic rings. The normalized spacial score (nSPS) is 13.2. The van der Waals surface area contributed by atoms with Crippen LogP contribution < -0.4 is 5.32 Å². The summed E-state index contributed by atoms with van der Waals surface area (Å²) in [6, 6.07) is -0.301. The van der Waals surface area contributed by atoms with Gasteiger partial charge in [-0.25, -0.2) is 9.78 Å². The van der Waals surface area contributed by atoms with Crippen molar-refractivity contribution < 1.29 is 14.6 Å². The van der Waals surface area contributed by atoms with E-state index in [1.165, 1.54) is 6.20 Å². The van der Waals surface area contributed by atoms with Crippen molar-refractivity contribution in [1.82, 2.24) is 15.3 Å². The molecule has 6 nitrogen and oxygen atoms in total. The molecule has 0 aliphatic carbocycles. The van der Waals surface area contributed by atoms with Gasteiger partial charge >= 0.3 is 6.09 Å². The highest BCUT2D eigenvalue weighted by molar-refractivity contribution is 5.68. The Kier molecular flexibility index (Phi) is 4.11. The van der Waals surface area contributed by atoms with E-state index >= 15 is 0 Å². The molecule has 1 unspecified atom stereocenters. The average Bonchev–Trinajstić information content (AvgIpc) is 2.62. The zero-order chi connectivity index (χ0) is 13.1. The monoisotopic (exact) mass is 241 g/mol. The second kappa shape index (κ2) is 5.18. The minimum absolute atomic E-state index is 0.105. The Balaban J connectivity index is 2.54. The van der Waals surface area contributed by atoms with E-state index in [1.54, 1.807) is 27.7 Å². The predicted octanol–water partition coefficient (Wildman–Crippen LogP) is 1.49. The van der Waals surface area contributed by atoms with E-state index in [4.69, 9.17) is 9.84 Å². The summed E-state index contributed by atoms with van der Waals surface area (Å²) in [6.45, 7) is 7.08. The van der Waals surface area contributed by atoms with E-state index < -0.39 is 11.7 Å². The summed E-state index contributed by atoms with van der Waals surface area (Å²) >= 11 is 0. The predicted molar refractivity (Wildman–Crippen MR) is 62.3 cm³/mol. The van der Waals surface area contributed by atoms with Gasteiger partial charge in [0.1, 0.15) is 11.4 Å². The summed E-state index contributed by atoms with van der Waals surface area (Å²) in [5.41, 5.74) is 0.0845. The Bertz CT molecular complexity index is 382. The largest absolute Gasteiger partial charge is 0.444 e. The molecule has 1 atom stereocenters. The molecule has 1 heterocycles. The number of carbonyl (C=O) groups excluding carboxylic acids is 1. The van der Waals surface area contributed by atoms with Crippen LogP contribution in [0.4, 0.5) is 4.79 Å². The molecule has 0 aromatic carbocycles. The van der Waals surface area contributed by atoms with Crippen molar-refractivity contribution in [3.8, 4) is 0 Å². The molecule has 1 aromatic rings. The van der Waals surface area contributed by atoms with E-state index in [-0.39, 0.29) is 12.6 Å². The molecule has 0 radical (unpaired) electrons. The van der Waals surface area contributed by atoms with Gasteiger partial charge in [-0.3, -0.25) is 0 Å². The molecule has 0 aliphatic heterocycles. The fourth-order valence-corrected chi connectivity index (χ4v) is 1.23. The maximum Gasteiger partial charge on any atom is 0.408 e. The molecule has 1 rings (SSSR count). The maximum atomic E-state index is 11.5. The summed E-state index contributed by atoms with van der Waals surface area (Å²) in [7, 11) is 0. The van der Waals surface area contributed by atoms with E-state index in [0.29, 0.717) is 11.5 Å². The molecule has 17 heavy (non-hydrogen) atoms. The first-order chi connectivity index (χ1) is 7.81. The third-order valence-electron chi connectivity index (χ3n) is 1.96. The average molecular weight is 241 g/mol. The quantitative estimate of drug-likeness (QED) is 0.748. The first-order valence-corrected chi connectivity index (χ1v) is 5.46. The van der Waals surface area contributed by atoms with Crippen molar-refractivity contribution in [1.29, 1.82) is 0 Å². The number of rotatable bonds is 3. The summed E-state index contributed by atoms with van der Waals surface area (Å²) < 4.78 is 5.12. The van der Waals surface area contributed by atoms with E-state index in [1.807, 2.05) is 0 Å². The minimum atomic E-state index is -0.525. The summed E-state index contributed by atoms with van der Waals surface area (Å²) in [6.07, 6.45) is 1.04. The van der Waals surface area contributed by atoms with Crippen molar-refractivity contribution in [3.05, 3.63) is 17.7 Å². The Morgan fingerprint density at radius 2 is 2.29 bits per heavy atom. The molecule has 1 aromatic heterocycles. The van der Waals surface area contributed by atoms with E-state index in [2.05, 4.69) is 15.3 Å². The van der Waals surface area contributed by atoms with Gasteiger partial charge in [0, 0.05) is 0 Å². The van der Waals surface area contributed by atoms with Crippen LogP contribution in [0, 0.1) is 0 Å². The molecule has 0 spiro atoms. The third kappa shape index (κ3) is 4.44. The number of aromatic amines is 1. The minimum Gasteiger partial charge on any atom is -0.444 e. The molecule has 0 saturated carbocycles. The smallest absolute Gasteiger partial charge is 0.408 e. The number of alkyl carbamates (subject to hydrolysis) is 1. The molecule has 1 amide bonds. The number of carbonyl (C=O) groups is 1. The number of nitrogens with zero attached hydrogens (tertiary/aromatic N) is 1. The molecule has 3 N–H and O–H groups in total. The van der Waals surface area contributed by atoms with Gasteiger partial charge < -0.3 is 20.1 Å². The van der Waals surface area contributed by atoms with Gasteiger partial charge in [0.25, 0.3) is 0 Å². The highest BCUT2D eigenvalue weighted by Crippen LogP contribution is 2.11. The highest BCUT2D eigenvalue weighted by atomic mass is 16.6. The lowest BCUT2D eigenvalue weighted by atomic mass is 10.2. The first kappa shape index (κ1) is 13.5.